The van der Waals surface area contributed by atoms with Crippen molar-refractivity contribution in [2.75, 3.05) is 5.32 Å². The van der Waals surface area contributed by atoms with Crippen LogP contribution in [0.1, 0.15) is 23.6 Å². The standard InChI is InChI=1S/C14H19N3OS2/c1-7-5-6-11(19-7)12-10(4)20-14(16-12)17-13(18)8(2)9(3)15/h5-6,8-9H,15H2,1-4H3,(H,16,17,18). The number of carbonyl (C=O) groups is 1. The number of aromatic nitrogens is 1. The van der Waals surface area contributed by atoms with Crippen molar-refractivity contribution in [3.63, 3.8) is 0 Å². The molecule has 0 aliphatic rings. The summed E-state index contributed by atoms with van der Waals surface area (Å²) in [7, 11) is 0. The predicted molar refractivity (Wildman–Crippen MR) is 86.3 cm³/mol. The van der Waals surface area contributed by atoms with E-state index in [-0.39, 0.29) is 17.9 Å². The van der Waals surface area contributed by atoms with Crippen LogP contribution in [-0.4, -0.2) is 16.9 Å². The number of nitrogens with zero attached hydrogens (tertiary/aromatic N) is 1. The van der Waals surface area contributed by atoms with Crippen LogP contribution in [0.4, 0.5) is 5.13 Å². The van der Waals surface area contributed by atoms with Gasteiger partial charge in [-0.05, 0) is 32.9 Å². The normalized spacial score (nSPS) is 14.1. The molecule has 3 N–H and O–H groups in total. The number of amides is 1. The lowest BCUT2D eigenvalue weighted by Crippen LogP contribution is -2.34. The Hall–Kier alpha value is -1.24. The molecule has 0 spiro atoms. The Morgan fingerprint density at radius 3 is 2.55 bits per heavy atom. The molecule has 0 aromatic carbocycles. The average Bonchev–Trinajstić information content (AvgIpc) is 2.94. The third kappa shape index (κ3) is 3.26. The van der Waals surface area contributed by atoms with Gasteiger partial charge >= 0.3 is 0 Å². The summed E-state index contributed by atoms with van der Waals surface area (Å²) >= 11 is 3.21. The van der Waals surface area contributed by atoms with Gasteiger partial charge in [0.05, 0.1) is 16.5 Å². The zero-order chi connectivity index (χ0) is 14.9. The molecule has 2 aromatic rings. The quantitative estimate of drug-likeness (QED) is 0.909. The second-order valence-electron chi connectivity index (χ2n) is 4.97. The van der Waals surface area contributed by atoms with Crippen molar-refractivity contribution in [3.8, 4) is 10.6 Å². The van der Waals surface area contributed by atoms with Crippen molar-refractivity contribution in [1.82, 2.24) is 4.98 Å². The number of thiophene rings is 1. The fraction of sp³-hybridized carbons (Fsp3) is 0.429. The summed E-state index contributed by atoms with van der Waals surface area (Å²) in [4.78, 5) is 20.0. The maximum absolute atomic E-state index is 12.0. The lowest BCUT2D eigenvalue weighted by atomic mass is 10.0. The Morgan fingerprint density at radius 1 is 1.30 bits per heavy atom. The summed E-state index contributed by atoms with van der Waals surface area (Å²) in [6, 6.07) is 3.98. The summed E-state index contributed by atoms with van der Waals surface area (Å²) in [5.41, 5.74) is 6.70. The Bertz CT molecular complexity index is 616. The summed E-state index contributed by atoms with van der Waals surface area (Å²) in [6.07, 6.45) is 0. The van der Waals surface area contributed by atoms with E-state index in [0.717, 1.165) is 15.4 Å². The third-order valence-electron chi connectivity index (χ3n) is 3.20. The van der Waals surface area contributed by atoms with Gasteiger partial charge in [0.15, 0.2) is 5.13 Å². The first-order chi connectivity index (χ1) is 9.38. The minimum Gasteiger partial charge on any atom is -0.327 e. The molecule has 2 atom stereocenters. The van der Waals surface area contributed by atoms with Crippen molar-refractivity contribution in [2.45, 2.75) is 33.7 Å². The van der Waals surface area contributed by atoms with E-state index in [2.05, 4.69) is 29.4 Å². The first-order valence-electron chi connectivity index (χ1n) is 6.49. The number of hydrogen-bond acceptors (Lipinski definition) is 5. The van der Waals surface area contributed by atoms with Crippen LogP contribution in [0.15, 0.2) is 12.1 Å². The summed E-state index contributed by atoms with van der Waals surface area (Å²) in [6.45, 7) is 7.75. The Labute approximate surface area is 127 Å². The highest BCUT2D eigenvalue weighted by Crippen LogP contribution is 2.34. The molecule has 4 nitrogen and oxygen atoms in total. The van der Waals surface area contributed by atoms with Crippen molar-refractivity contribution >= 4 is 33.7 Å². The van der Waals surface area contributed by atoms with Gasteiger partial charge in [-0.1, -0.05) is 6.92 Å². The fourth-order valence-electron chi connectivity index (χ4n) is 1.70. The fourth-order valence-corrected chi connectivity index (χ4v) is 3.51. The molecule has 0 fully saturated rings. The number of aryl methyl sites for hydroxylation is 2. The van der Waals surface area contributed by atoms with Crippen LogP contribution in [0.5, 0.6) is 0 Å². The first kappa shape index (κ1) is 15.2. The van der Waals surface area contributed by atoms with Crippen LogP contribution in [0.25, 0.3) is 10.6 Å². The number of nitrogens with one attached hydrogen (secondary N) is 1. The van der Waals surface area contributed by atoms with E-state index in [1.165, 1.54) is 16.2 Å². The van der Waals surface area contributed by atoms with Gasteiger partial charge in [0, 0.05) is 15.8 Å². The molecule has 0 saturated heterocycles. The van der Waals surface area contributed by atoms with Crippen LogP contribution < -0.4 is 11.1 Å². The maximum Gasteiger partial charge on any atom is 0.230 e. The summed E-state index contributed by atoms with van der Waals surface area (Å²) < 4.78 is 0. The Balaban J connectivity index is 2.18. The van der Waals surface area contributed by atoms with E-state index in [9.17, 15) is 4.79 Å². The largest absolute Gasteiger partial charge is 0.327 e. The zero-order valence-electron chi connectivity index (χ0n) is 12.1. The van der Waals surface area contributed by atoms with E-state index in [4.69, 9.17) is 5.73 Å². The highest BCUT2D eigenvalue weighted by atomic mass is 32.1. The molecule has 1 amide bonds. The van der Waals surface area contributed by atoms with Gasteiger partial charge in [-0.3, -0.25) is 4.79 Å². The van der Waals surface area contributed by atoms with Crippen molar-refractivity contribution < 1.29 is 4.79 Å². The first-order valence-corrected chi connectivity index (χ1v) is 8.12. The van der Waals surface area contributed by atoms with Gasteiger partial charge in [0.1, 0.15) is 0 Å². The van der Waals surface area contributed by atoms with Gasteiger partial charge in [-0.25, -0.2) is 4.98 Å². The lowest BCUT2D eigenvalue weighted by molar-refractivity contribution is -0.119. The number of thiazole rings is 1. The highest BCUT2D eigenvalue weighted by Gasteiger charge is 2.19. The second kappa shape index (κ2) is 6.03. The second-order valence-corrected chi connectivity index (χ2v) is 7.46. The summed E-state index contributed by atoms with van der Waals surface area (Å²) in [5.74, 6) is -0.311. The SMILES string of the molecule is Cc1ccc(-c2nc(NC(=O)C(C)C(C)N)sc2C)s1. The number of nitrogens with two attached hydrogens (primary N) is 1. The Kier molecular flexibility index (Phi) is 4.57. The van der Waals surface area contributed by atoms with E-state index >= 15 is 0 Å². The molecule has 0 saturated carbocycles. The molecule has 0 aliphatic heterocycles. The lowest BCUT2D eigenvalue weighted by Gasteiger charge is -2.13. The minimum atomic E-state index is -0.230. The third-order valence-corrected chi connectivity index (χ3v) is 5.10. The molecule has 2 heterocycles. The smallest absolute Gasteiger partial charge is 0.230 e. The highest BCUT2D eigenvalue weighted by molar-refractivity contribution is 7.18. The maximum atomic E-state index is 12.0. The van der Waals surface area contributed by atoms with Crippen LogP contribution in [0, 0.1) is 19.8 Å². The van der Waals surface area contributed by atoms with Gasteiger partial charge in [-0.15, -0.1) is 22.7 Å². The van der Waals surface area contributed by atoms with E-state index in [1.54, 1.807) is 11.3 Å². The number of hydrogen-bond donors (Lipinski definition) is 2. The van der Waals surface area contributed by atoms with Gasteiger partial charge in [0.2, 0.25) is 5.91 Å². The monoisotopic (exact) mass is 309 g/mol. The number of carbonyl (C=O) groups excluding carboxylic acids is 1. The van der Waals surface area contributed by atoms with Crippen LogP contribution in [0.2, 0.25) is 0 Å². The molecule has 0 bridgehead atoms. The molecule has 108 valence electrons. The van der Waals surface area contributed by atoms with Crippen molar-refractivity contribution in [2.24, 2.45) is 11.7 Å². The topological polar surface area (TPSA) is 68.0 Å². The van der Waals surface area contributed by atoms with E-state index < -0.39 is 0 Å². The Morgan fingerprint density at radius 2 is 2.00 bits per heavy atom. The molecular weight excluding hydrogens is 290 g/mol. The van der Waals surface area contributed by atoms with Crippen LogP contribution >= 0.6 is 22.7 Å². The zero-order valence-corrected chi connectivity index (χ0v) is 13.7. The van der Waals surface area contributed by atoms with Gasteiger partial charge in [0.25, 0.3) is 0 Å². The van der Waals surface area contributed by atoms with Crippen molar-refractivity contribution in [3.05, 3.63) is 21.9 Å². The predicted octanol–water partition coefficient (Wildman–Crippen LogP) is 3.41. The van der Waals surface area contributed by atoms with E-state index in [1.807, 2.05) is 20.8 Å². The molecule has 6 heteroatoms. The molecule has 0 radical (unpaired) electrons. The number of rotatable bonds is 4. The summed E-state index contributed by atoms with van der Waals surface area (Å²) in [5, 5.41) is 3.49. The molecule has 2 unspecified atom stereocenters. The molecule has 0 aliphatic carbocycles. The van der Waals surface area contributed by atoms with E-state index in [0.29, 0.717) is 5.13 Å². The molecular formula is C14H19N3OS2. The molecule has 2 aromatic heterocycles. The van der Waals surface area contributed by atoms with Gasteiger partial charge < -0.3 is 11.1 Å². The average molecular weight is 309 g/mol. The molecule has 2 rings (SSSR count). The van der Waals surface area contributed by atoms with Crippen LogP contribution in [-0.2, 0) is 4.79 Å². The minimum absolute atomic E-state index is 0.0809. The van der Waals surface area contributed by atoms with Crippen LogP contribution in [0.3, 0.4) is 0 Å². The van der Waals surface area contributed by atoms with Crippen molar-refractivity contribution in [1.29, 1.82) is 0 Å². The molecule has 20 heavy (non-hydrogen) atoms. The number of anilines is 1. The van der Waals surface area contributed by atoms with Gasteiger partial charge in [-0.2, -0.15) is 0 Å².